The number of hydrogen-bond donors (Lipinski definition) is 1. The fourth-order valence-corrected chi connectivity index (χ4v) is 1.90. The van der Waals surface area contributed by atoms with Crippen LogP contribution in [-0.2, 0) is 6.54 Å². The maximum atomic E-state index is 5.59. The molecule has 2 rings (SSSR count). The number of hydrogen-bond acceptors (Lipinski definition) is 3. The average molecular weight is 233 g/mol. The molecular formula is C14H19NO2. The summed E-state index contributed by atoms with van der Waals surface area (Å²) in [5, 5.41) is 4.53. The van der Waals surface area contributed by atoms with E-state index in [0.29, 0.717) is 6.04 Å². The zero-order chi connectivity index (χ0) is 12.4. The van der Waals surface area contributed by atoms with E-state index in [9.17, 15) is 0 Å². The summed E-state index contributed by atoms with van der Waals surface area (Å²) in [6.07, 6.45) is 1.81. The minimum atomic E-state index is 0.464. The normalized spacial score (nSPS) is 11.4. The summed E-state index contributed by atoms with van der Waals surface area (Å²) in [7, 11) is 1.67. The molecule has 0 aliphatic carbocycles. The minimum absolute atomic E-state index is 0.464. The quantitative estimate of drug-likeness (QED) is 0.880. The van der Waals surface area contributed by atoms with Crippen LogP contribution in [0.3, 0.4) is 0 Å². The molecule has 0 amide bonds. The van der Waals surface area contributed by atoms with E-state index in [4.69, 9.17) is 9.15 Å². The highest BCUT2D eigenvalue weighted by molar-refractivity contribution is 5.87. The monoisotopic (exact) mass is 233 g/mol. The van der Waals surface area contributed by atoms with Gasteiger partial charge < -0.3 is 14.5 Å². The Kier molecular flexibility index (Phi) is 3.38. The Balaban J connectivity index is 2.41. The van der Waals surface area contributed by atoms with Gasteiger partial charge in [0, 0.05) is 23.5 Å². The molecule has 3 heteroatoms. The van der Waals surface area contributed by atoms with Gasteiger partial charge in [0.15, 0.2) is 11.3 Å². The standard InChI is InChI=1S/C14H19NO2/c1-9(2)15-7-11-8-17-14-12(11)5-10(3)6-13(14)16-4/h5-6,8-9,15H,7H2,1-4H3. The highest BCUT2D eigenvalue weighted by Gasteiger charge is 2.11. The van der Waals surface area contributed by atoms with E-state index in [0.717, 1.165) is 23.3 Å². The summed E-state index contributed by atoms with van der Waals surface area (Å²) in [5.41, 5.74) is 3.19. The van der Waals surface area contributed by atoms with Gasteiger partial charge in [0.05, 0.1) is 13.4 Å². The molecule has 1 heterocycles. The van der Waals surface area contributed by atoms with Crippen LogP contribution in [0.2, 0.25) is 0 Å². The lowest BCUT2D eigenvalue weighted by Gasteiger charge is -2.07. The zero-order valence-electron chi connectivity index (χ0n) is 10.8. The van der Waals surface area contributed by atoms with Gasteiger partial charge in [-0.2, -0.15) is 0 Å². The van der Waals surface area contributed by atoms with Gasteiger partial charge in [-0.15, -0.1) is 0 Å². The molecule has 3 nitrogen and oxygen atoms in total. The van der Waals surface area contributed by atoms with Crippen LogP contribution in [0.5, 0.6) is 5.75 Å². The molecule has 0 unspecified atom stereocenters. The second-order valence-electron chi connectivity index (χ2n) is 4.64. The van der Waals surface area contributed by atoms with E-state index in [-0.39, 0.29) is 0 Å². The van der Waals surface area contributed by atoms with Crippen LogP contribution in [-0.4, -0.2) is 13.2 Å². The molecule has 1 aromatic heterocycles. The van der Waals surface area contributed by atoms with Crippen LogP contribution in [0.15, 0.2) is 22.8 Å². The second kappa shape index (κ2) is 4.80. The lowest BCUT2D eigenvalue weighted by molar-refractivity contribution is 0.410. The molecular weight excluding hydrogens is 214 g/mol. The van der Waals surface area contributed by atoms with Crippen molar-refractivity contribution < 1.29 is 9.15 Å². The summed E-state index contributed by atoms with van der Waals surface area (Å²) in [5.74, 6) is 0.802. The van der Waals surface area contributed by atoms with Gasteiger partial charge in [0.25, 0.3) is 0 Å². The summed E-state index contributed by atoms with van der Waals surface area (Å²) in [6, 6.07) is 4.59. The van der Waals surface area contributed by atoms with Gasteiger partial charge in [-0.05, 0) is 24.6 Å². The van der Waals surface area contributed by atoms with E-state index in [1.165, 1.54) is 11.1 Å². The first-order valence-electron chi connectivity index (χ1n) is 5.90. The third-order valence-corrected chi connectivity index (χ3v) is 2.78. The molecule has 0 saturated carbocycles. The lowest BCUT2D eigenvalue weighted by atomic mass is 10.1. The van der Waals surface area contributed by atoms with E-state index in [1.807, 2.05) is 12.3 Å². The number of methoxy groups -OCH3 is 1. The third-order valence-electron chi connectivity index (χ3n) is 2.78. The highest BCUT2D eigenvalue weighted by atomic mass is 16.5. The summed E-state index contributed by atoms with van der Waals surface area (Å²) < 4.78 is 10.9. The van der Waals surface area contributed by atoms with Crippen LogP contribution >= 0.6 is 0 Å². The van der Waals surface area contributed by atoms with Gasteiger partial charge in [0.2, 0.25) is 0 Å². The van der Waals surface area contributed by atoms with Crippen molar-refractivity contribution in [1.29, 1.82) is 0 Å². The predicted octanol–water partition coefficient (Wildman–Crippen LogP) is 3.25. The molecule has 1 aromatic carbocycles. The number of nitrogens with one attached hydrogen (secondary N) is 1. The van der Waals surface area contributed by atoms with Crippen molar-refractivity contribution in [2.24, 2.45) is 0 Å². The van der Waals surface area contributed by atoms with Crippen LogP contribution in [0, 0.1) is 6.92 Å². The van der Waals surface area contributed by atoms with Gasteiger partial charge in [-0.3, -0.25) is 0 Å². The topological polar surface area (TPSA) is 34.4 Å². The zero-order valence-corrected chi connectivity index (χ0v) is 10.8. The molecule has 0 atom stereocenters. The summed E-state index contributed by atoms with van der Waals surface area (Å²) in [6.45, 7) is 7.15. The van der Waals surface area contributed by atoms with Gasteiger partial charge in [0.1, 0.15) is 0 Å². The van der Waals surface area contributed by atoms with Crippen LogP contribution in [0.25, 0.3) is 11.0 Å². The molecule has 0 fully saturated rings. The Labute approximate surface area is 102 Å². The van der Waals surface area contributed by atoms with Crippen LogP contribution in [0.4, 0.5) is 0 Å². The maximum absolute atomic E-state index is 5.59. The van der Waals surface area contributed by atoms with Crippen molar-refractivity contribution in [3.8, 4) is 5.75 Å². The number of rotatable bonds is 4. The summed E-state index contributed by atoms with van der Waals surface area (Å²) >= 11 is 0. The van der Waals surface area contributed by atoms with Crippen molar-refractivity contribution in [1.82, 2.24) is 5.32 Å². The van der Waals surface area contributed by atoms with E-state index < -0.39 is 0 Å². The van der Waals surface area contributed by atoms with Crippen LogP contribution < -0.4 is 10.1 Å². The minimum Gasteiger partial charge on any atom is -0.493 e. The van der Waals surface area contributed by atoms with Crippen molar-refractivity contribution in [2.45, 2.75) is 33.4 Å². The average Bonchev–Trinajstić information content (AvgIpc) is 2.68. The van der Waals surface area contributed by atoms with E-state index in [2.05, 4.69) is 32.2 Å². The number of benzene rings is 1. The largest absolute Gasteiger partial charge is 0.493 e. The van der Waals surface area contributed by atoms with E-state index in [1.54, 1.807) is 7.11 Å². The highest BCUT2D eigenvalue weighted by Crippen LogP contribution is 2.31. The molecule has 0 spiro atoms. The smallest absolute Gasteiger partial charge is 0.176 e. The number of fused-ring (bicyclic) bond motifs is 1. The third kappa shape index (κ3) is 2.44. The first kappa shape index (κ1) is 12.0. The number of furan rings is 1. The fourth-order valence-electron chi connectivity index (χ4n) is 1.90. The first-order valence-corrected chi connectivity index (χ1v) is 5.90. The molecule has 0 aliphatic heterocycles. The molecule has 2 aromatic rings. The van der Waals surface area contributed by atoms with Gasteiger partial charge >= 0.3 is 0 Å². The summed E-state index contributed by atoms with van der Waals surface area (Å²) in [4.78, 5) is 0. The maximum Gasteiger partial charge on any atom is 0.176 e. The Morgan fingerprint density at radius 3 is 2.76 bits per heavy atom. The molecule has 0 aliphatic rings. The van der Waals surface area contributed by atoms with Crippen molar-refractivity contribution in [3.05, 3.63) is 29.5 Å². The molecule has 0 radical (unpaired) electrons. The Hall–Kier alpha value is -1.48. The molecule has 92 valence electrons. The molecule has 0 saturated heterocycles. The van der Waals surface area contributed by atoms with Gasteiger partial charge in [-0.1, -0.05) is 13.8 Å². The Bertz CT molecular complexity index is 514. The van der Waals surface area contributed by atoms with Crippen molar-refractivity contribution in [2.75, 3.05) is 7.11 Å². The number of aryl methyl sites for hydroxylation is 1. The van der Waals surface area contributed by atoms with Crippen molar-refractivity contribution in [3.63, 3.8) is 0 Å². The molecule has 1 N–H and O–H groups in total. The molecule has 0 bridgehead atoms. The lowest BCUT2D eigenvalue weighted by Crippen LogP contribution is -2.21. The number of ether oxygens (including phenoxy) is 1. The van der Waals surface area contributed by atoms with Gasteiger partial charge in [-0.25, -0.2) is 0 Å². The Morgan fingerprint density at radius 2 is 2.12 bits per heavy atom. The fraction of sp³-hybridized carbons (Fsp3) is 0.429. The second-order valence-corrected chi connectivity index (χ2v) is 4.64. The predicted molar refractivity (Wildman–Crippen MR) is 69.5 cm³/mol. The Morgan fingerprint density at radius 1 is 1.35 bits per heavy atom. The van der Waals surface area contributed by atoms with Crippen molar-refractivity contribution >= 4 is 11.0 Å². The van der Waals surface area contributed by atoms with Crippen LogP contribution in [0.1, 0.15) is 25.0 Å². The van der Waals surface area contributed by atoms with E-state index >= 15 is 0 Å². The molecule has 17 heavy (non-hydrogen) atoms. The SMILES string of the molecule is COc1cc(C)cc2c(CNC(C)C)coc12. The first-order chi connectivity index (χ1) is 8.11.